The van der Waals surface area contributed by atoms with Crippen LogP contribution in [0.2, 0.25) is 10.0 Å². The first-order valence-corrected chi connectivity index (χ1v) is 4.21. The second kappa shape index (κ2) is 4.27. The van der Waals surface area contributed by atoms with Crippen molar-refractivity contribution in [1.29, 1.82) is 0 Å². The summed E-state index contributed by atoms with van der Waals surface area (Å²) in [5.41, 5.74) is 5.95. The van der Waals surface area contributed by atoms with Gasteiger partial charge >= 0.3 is 0 Å². The van der Waals surface area contributed by atoms with Crippen LogP contribution in [0.25, 0.3) is 0 Å². The van der Waals surface area contributed by atoms with Crippen molar-refractivity contribution in [3.8, 4) is 18.1 Å². The number of halogens is 2. The Morgan fingerprint density at radius 3 is 2.69 bits per heavy atom. The molecular formula is C9H7Cl2NO. The van der Waals surface area contributed by atoms with Crippen LogP contribution >= 0.6 is 23.2 Å². The Morgan fingerprint density at radius 1 is 1.38 bits per heavy atom. The van der Waals surface area contributed by atoms with Crippen LogP contribution < -0.4 is 10.5 Å². The minimum Gasteiger partial charge on any atom is -0.479 e. The lowest BCUT2D eigenvalue weighted by Crippen LogP contribution is -1.96. The standard InChI is InChI=1S/C9H7Cl2NO/c1-2-3-13-9-5-8(12)6(10)4-7(9)11/h1,4-5H,3,12H2. The van der Waals surface area contributed by atoms with Crippen molar-refractivity contribution in [2.45, 2.75) is 0 Å². The fraction of sp³-hybridized carbons (Fsp3) is 0.111. The van der Waals surface area contributed by atoms with Crippen LogP contribution in [0.1, 0.15) is 0 Å². The molecule has 0 saturated carbocycles. The minimum absolute atomic E-state index is 0.154. The monoisotopic (exact) mass is 215 g/mol. The number of ether oxygens (including phenoxy) is 1. The van der Waals surface area contributed by atoms with Crippen molar-refractivity contribution < 1.29 is 4.74 Å². The summed E-state index contributed by atoms with van der Waals surface area (Å²) in [6.07, 6.45) is 5.02. The summed E-state index contributed by atoms with van der Waals surface area (Å²) >= 11 is 11.5. The molecule has 0 heterocycles. The van der Waals surface area contributed by atoms with Gasteiger partial charge in [0, 0.05) is 6.07 Å². The van der Waals surface area contributed by atoms with E-state index in [1.165, 1.54) is 6.07 Å². The number of hydrogen-bond acceptors (Lipinski definition) is 2. The number of nitrogens with two attached hydrogens (primary N) is 1. The highest BCUT2D eigenvalue weighted by Crippen LogP contribution is 2.32. The van der Waals surface area contributed by atoms with Gasteiger partial charge in [0.15, 0.2) is 0 Å². The third-order valence-corrected chi connectivity index (χ3v) is 1.98. The molecule has 0 aliphatic carbocycles. The molecule has 0 unspecified atom stereocenters. The first kappa shape index (κ1) is 10.0. The Morgan fingerprint density at radius 2 is 2.08 bits per heavy atom. The van der Waals surface area contributed by atoms with Crippen LogP contribution in [0.3, 0.4) is 0 Å². The second-order valence-electron chi connectivity index (χ2n) is 2.30. The van der Waals surface area contributed by atoms with Crippen molar-refractivity contribution >= 4 is 28.9 Å². The molecule has 0 saturated heterocycles. The zero-order valence-corrected chi connectivity index (χ0v) is 8.19. The molecule has 1 rings (SSSR count). The van der Waals surface area contributed by atoms with Crippen molar-refractivity contribution in [1.82, 2.24) is 0 Å². The summed E-state index contributed by atoms with van der Waals surface area (Å²) in [4.78, 5) is 0. The summed E-state index contributed by atoms with van der Waals surface area (Å²) in [7, 11) is 0. The largest absolute Gasteiger partial charge is 0.479 e. The molecule has 4 heteroatoms. The van der Waals surface area contributed by atoms with Crippen molar-refractivity contribution in [3.05, 3.63) is 22.2 Å². The molecule has 0 radical (unpaired) electrons. The number of hydrogen-bond donors (Lipinski definition) is 1. The van der Waals surface area contributed by atoms with Crippen molar-refractivity contribution in [2.75, 3.05) is 12.3 Å². The Hall–Kier alpha value is -1.04. The van der Waals surface area contributed by atoms with E-state index >= 15 is 0 Å². The first-order chi connectivity index (χ1) is 6.15. The molecule has 1 aromatic rings. The van der Waals surface area contributed by atoms with E-state index in [0.717, 1.165) is 0 Å². The lowest BCUT2D eigenvalue weighted by molar-refractivity contribution is 0.371. The third-order valence-electron chi connectivity index (χ3n) is 1.36. The van der Waals surface area contributed by atoms with Crippen LogP contribution in [0.15, 0.2) is 12.1 Å². The van der Waals surface area contributed by atoms with E-state index < -0.39 is 0 Å². The van der Waals surface area contributed by atoms with E-state index in [2.05, 4.69) is 5.92 Å². The predicted molar refractivity (Wildman–Crippen MR) is 55.2 cm³/mol. The van der Waals surface area contributed by atoms with Crippen LogP contribution in [0, 0.1) is 12.3 Å². The van der Waals surface area contributed by atoms with Gasteiger partial charge in [-0.25, -0.2) is 0 Å². The topological polar surface area (TPSA) is 35.2 Å². The van der Waals surface area contributed by atoms with Gasteiger partial charge in [-0.05, 0) is 6.07 Å². The maximum Gasteiger partial charge on any atom is 0.148 e. The highest BCUT2D eigenvalue weighted by molar-refractivity contribution is 6.37. The zero-order chi connectivity index (χ0) is 9.84. The molecule has 0 aliphatic rings. The SMILES string of the molecule is C#CCOc1cc(N)c(Cl)cc1Cl. The molecule has 0 aromatic heterocycles. The van der Waals surface area contributed by atoms with Crippen LogP contribution in [0.5, 0.6) is 5.75 Å². The Balaban J connectivity index is 2.96. The maximum absolute atomic E-state index is 5.80. The molecule has 0 aliphatic heterocycles. The number of rotatable bonds is 2. The van der Waals surface area contributed by atoms with E-state index in [1.807, 2.05) is 0 Å². The van der Waals surface area contributed by atoms with Gasteiger partial charge < -0.3 is 10.5 Å². The molecule has 0 spiro atoms. The Bertz CT molecular complexity index is 357. The molecule has 0 amide bonds. The van der Waals surface area contributed by atoms with Gasteiger partial charge in [-0.3, -0.25) is 0 Å². The Labute approximate surface area is 86.6 Å². The summed E-state index contributed by atoms with van der Waals surface area (Å²) in [6.45, 7) is 0.154. The highest BCUT2D eigenvalue weighted by atomic mass is 35.5. The fourth-order valence-corrected chi connectivity index (χ4v) is 1.21. The summed E-state index contributed by atoms with van der Waals surface area (Å²) in [5, 5.41) is 0.799. The molecule has 68 valence electrons. The van der Waals surface area contributed by atoms with Gasteiger partial charge in [-0.1, -0.05) is 29.1 Å². The molecule has 0 fully saturated rings. The predicted octanol–water partition coefficient (Wildman–Crippen LogP) is 2.59. The summed E-state index contributed by atoms with van der Waals surface area (Å²) < 4.78 is 5.12. The van der Waals surface area contributed by atoms with E-state index in [-0.39, 0.29) is 6.61 Å². The number of anilines is 1. The van der Waals surface area contributed by atoms with E-state index in [9.17, 15) is 0 Å². The number of benzene rings is 1. The van der Waals surface area contributed by atoms with E-state index in [1.54, 1.807) is 6.07 Å². The van der Waals surface area contributed by atoms with E-state index in [0.29, 0.717) is 21.5 Å². The van der Waals surface area contributed by atoms with Crippen molar-refractivity contribution in [2.24, 2.45) is 0 Å². The molecule has 2 N–H and O–H groups in total. The molecular weight excluding hydrogens is 209 g/mol. The molecule has 13 heavy (non-hydrogen) atoms. The van der Waals surface area contributed by atoms with Crippen molar-refractivity contribution in [3.63, 3.8) is 0 Å². The van der Waals surface area contributed by atoms with Crippen LogP contribution in [-0.4, -0.2) is 6.61 Å². The van der Waals surface area contributed by atoms with Gasteiger partial charge in [0.2, 0.25) is 0 Å². The van der Waals surface area contributed by atoms with Gasteiger partial charge in [-0.15, -0.1) is 6.42 Å². The fourth-order valence-electron chi connectivity index (χ4n) is 0.775. The second-order valence-corrected chi connectivity index (χ2v) is 3.11. The van der Waals surface area contributed by atoms with Gasteiger partial charge in [0.1, 0.15) is 12.4 Å². The normalized spacial score (nSPS) is 9.31. The van der Waals surface area contributed by atoms with Crippen LogP contribution in [0.4, 0.5) is 5.69 Å². The van der Waals surface area contributed by atoms with Gasteiger partial charge in [-0.2, -0.15) is 0 Å². The quantitative estimate of drug-likeness (QED) is 0.609. The first-order valence-electron chi connectivity index (χ1n) is 3.46. The average molecular weight is 216 g/mol. The minimum atomic E-state index is 0.154. The molecule has 0 atom stereocenters. The third kappa shape index (κ3) is 2.45. The lowest BCUT2D eigenvalue weighted by Gasteiger charge is -2.06. The highest BCUT2D eigenvalue weighted by Gasteiger charge is 2.05. The smallest absolute Gasteiger partial charge is 0.148 e. The number of terminal acetylenes is 1. The molecule has 0 bridgehead atoms. The summed E-state index contributed by atoms with van der Waals surface area (Å²) in [6, 6.07) is 3.06. The van der Waals surface area contributed by atoms with Gasteiger partial charge in [0.25, 0.3) is 0 Å². The summed E-state index contributed by atoms with van der Waals surface area (Å²) in [5.74, 6) is 2.77. The number of nitrogen functional groups attached to an aromatic ring is 1. The zero-order valence-electron chi connectivity index (χ0n) is 6.68. The molecule has 2 nitrogen and oxygen atoms in total. The Kier molecular flexibility index (Phi) is 3.30. The van der Waals surface area contributed by atoms with Crippen LogP contribution in [-0.2, 0) is 0 Å². The van der Waals surface area contributed by atoms with Gasteiger partial charge in [0.05, 0.1) is 15.7 Å². The average Bonchev–Trinajstić information content (AvgIpc) is 2.09. The lowest BCUT2D eigenvalue weighted by atomic mass is 10.3. The maximum atomic E-state index is 5.80. The van der Waals surface area contributed by atoms with E-state index in [4.69, 9.17) is 40.1 Å². The molecule has 1 aromatic carbocycles.